The second kappa shape index (κ2) is 7.85. The summed E-state index contributed by atoms with van der Waals surface area (Å²) in [6.45, 7) is 1.83. The molecule has 0 saturated carbocycles. The molecule has 0 bridgehead atoms. The van der Waals surface area contributed by atoms with Gasteiger partial charge >= 0.3 is 6.03 Å². The van der Waals surface area contributed by atoms with E-state index in [9.17, 15) is 9.59 Å². The van der Waals surface area contributed by atoms with Crippen molar-refractivity contribution >= 4 is 29.2 Å². The molecule has 1 aromatic carbocycles. The molecular weight excluding hydrogens is 330 g/mol. The minimum atomic E-state index is -0.436. The van der Waals surface area contributed by atoms with Gasteiger partial charge in [-0.25, -0.2) is 4.79 Å². The summed E-state index contributed by atoms with van der Waals surface area (Å²) in [4.78, 5) is 26.5. The van der Waals surface area contributed by atoms with E-state index in [0.717, 1.165) is 25.9 Å². The predicted octanol–water partition coefficient (Wildman–Crippen LogP) is 2.63. The molecule has 0 radical (unpaired) electrons. The number of rotatable bonds is 4. The molecule has 2 aliphatic rings. The van der Waals surface area contributed by atoms with Gasteiger partial charge < -0.3 is 20.3 Å². The second-order valence-corrected chi connectivity index (χ2v) is 6.55. The first-order chi connectivity index (χ1) is 11.6. The van der Waals surface area contributed by atoms with E-state index < -0.39 is 6.04 Å². The van der Waals surface area contributed by atoms with Gasteiger partial charge in [0.2, 0.25) is 5.91 Å². The Morgan fingerprint density at radius 1 is 1.25 bits per heavy atom. The Balaban J connectivity index is 1.56. The third-order valence-electron chi connectivity index (χ3n) is 4.46. The highest BCUT2D eigenvalue weighted by atomic mass is 35.5. The Morgan fingerprint density at radius 3 is 2.83 bits per heavy atom. The molecule has 130 valence electrons. The quantitative estimate of drug-likeness (QED) is 0.876. The average Bonchev–Trinajstić information content (AvgIpc) is 3.26. The van der Waals surface area contributed by atoms with Crippen molar-refractivity contribution in [2.24, 2.45) is 0 Å². The average molecular weight is 352 g/mol. The van der Waals surface area contributed by atoms with Gasteiger partial charge in [-0.2, -0.15) is 0 Å². The van der Waals surface area contributed by atoms with Crippen LogP contribution in [0.3, 0.4) is 0 Å². The van der Waals surface area contributed by atoms with Crippen molar-refractivity contribution in [1.29, 1.82) is 0 Å². The van der Waals surface area contributed by atoms with Crippen LogP contribution in [-0.2, 0) is 9.53 Å². The number of halogens is 1. The zero-order chi connectivity index (χ0) is 16.9. The van der Waals surface area contributed by atoms with Gasteiger partial charge in [0.15, 0.2) is 0 Å². The molecule has 24 heavy (non-hydrogen) atoms. The summed E-state index contributed by atoms with van der Waals surface area (Å²) >= 11 is 6.07. The topological polar surface area (TPSA) is 70.7 Å². The lowest BCUT2D eigenvalue weighted by Gasteiger charge is -2.25. The summed E-state index contributed by atoms with van der Waals surface area (Å²) in [5, 5.41) is 6.18. The molecule has 2 atom stereocenters. The fourth-order valence-corrected chi connectivity index (χ4v) is 3.35. The van der Waals surface area contributed by atoms with Crippen molar-refractivity contribution in [3.05, 3.63) is 29.3 Å². The molecule has 0 unspecified atom stereocenters. The summed E-state index contributed by atoms with van der Waals surface area (Å²) in [5.74, 6) is -0.114. The Labute approximate surface area is 146 Å². The molecule has 3 amide bonds. The van der Waals surface area contributed by atoms with E-state index in [-0.39, 0.29) is 18.0 Å². The molecular formula is C17H22ClN3O3. The number of benzene rings is 1. The monoisotopic (exact) mass is 351 g/mol. The van der Waals surface area contributed by atoms with Crippen molar-refractivity contribution in [1.82, 2.24) is 10.2 Å². The number of anilines is 1. The number of amides is 3. The maximum atomic E-state index is 12.5. The fraction of sp³-hybridized carbons (Fsp3) is 0.529. The lowest BCUT2D eigenvalue weighted by Crippen LogP contribution is -2.48. The predicted molar refractivity (Wildman–Crippen MR) is 92.2 cm³/mol. The van der Waals surface area contributed by atoms with Crippen LogP contribution in [-0.4, -0.2) is 48.7 Å². The molecule has 3 rings (SSSR count). The van der Waals surface area contributed by atoms with E-state index in [1.807, 2.05) is 0 Å². The number of likely N-dealkylation sites (tertiary alicyclic amines) is 1. The van der Waals surface area contributed by atoms with Crippen molar-refractivity contribution in [2.45, 2.75) is 37.8 Å². The molecule has 2 heterocycles. The number of para-hydroxylation sites is 1. The summed E-state index contributed by atoms with van der Waals surface area (Å²) in [6, 6.07) is 6.33. The van der Waals surface area contributed by atoms with Crippen LogP contribution >= 0.6 is 11.6 Å². The lowest BCUT2D eigenvalue weighted by molar-refractivity contribution is -0.125. The van der Waals surface area contributed by atoms with Crippen LogP contribution in [0.15, 0.2) is 24.3 Å². The molecule has 0 spiro atoms. The molecule has 2 N–H and O–H groups in total. The summed E-state index contributed by atoms with van der Waals surface area (Å²) in [5.41, 5.74) is 0.551. The van der Waals surface area contributed by atoms with Crippen LogP contribution in [0.1, 0.15) is 25.7 Å². The third kappa shape index (κ3) is 3.99. The smallest absolute Gasteiger partial charge is 0.322 e. The number of ether oxygens (including phenoxy) is 1. The van der Waals surface area contributed by atoms with Crippen molar-refractivity contribution in [3.63, 3.8) is 0 Å². The van der Waals surface area contributed by atoms with Crippen LogP contribution in [0.25, 0.3) is 0 Å². The maximum Gasteiger partial charge on any atom is 0.322 e. The van der Waals surface area contributed by atoms with E-state index in [1.165, 1.54) is 0 Å². The lowest BCUT2D eigenvalue weighted by atomic mass is 10.2. The van der Waals surface area contributed by atoms with Gasteiger partial charge in [-0.1, -0.05) is 23.7 Å². The van der Waals surface area contributed by atoms with E-state index in [0.29, 0.717) is 30.2 Å². The number of hydrogen-bond donors (Lipinski definition) is 2. The molecule has 2 fully saturated rings. The first-order valence-corrected chi connectivity index (χ1v) is 8.74. The zero-order valence-electron chi connectivity index (χ0n) is 13.5. The first kappa shape index (κ1) is 17.0. The molecule has 0 aliphatic carbocycles. The number of nitrogens with one attached hydrogen (secondary N) is 2. The van der Waals surface area contributed by atoms with E-state index in [4.69, 9.17) is 16.3 Å². The Bertz CT molecular complexity index is 604. The highest BCUT2D eigenvalue weighted by Crippen LogP contribution is 2.23. The van der Waals surface area contributed by atoms with Gasteiger partial charge in [-0.05, 0) is 37.8 Å². The van der Waals surface area contributed by atoms with Crippen molar-refractivity contribution in [3.8, 4) is 0 Å². The molecule has 2 aliphatic heterocycles. The van der Waals surface area contributed by atoms with Gasteiger partial charge in [0, 0.05) is 19.7 Å². The molecule has 2 saturated heterocycles. The highest BCUT2D eigenvalue weighted by molar-refractivity contribution is 6.33. The Hall–Kier alpha value is -1.79. The molecule has 1 aromatic rings. The van der Waals surface area contributed by atoms with Gasteiger partial charge in [-0.3, -0.25) is 4.79 Å². The minimum Gasteiger partial charge on any atom is -0.376 e. The summed E-state index contributed by atoms with van der Waals surface area (Å²) in [7, 11) is 0. The molecule has 7 heteroatoms. The van der Waals surface area contributed by atoms with Crippen LogP contribution < -0.4 is 10.6 Å². The van der Waals surface area contributed by atoms with E-state index in [2.05, 4.69) is 10.6 Å². The van der Waals surface area contributed by atoms with Crippen molar-refractivity contribution < 1.29 is 14.3 Å². The third-order valence-corrected chi connectivity index (χ3v) is 4.79. The number of carbonyl (C=O) groups is 2. The molecule has 0 aromatic heterocycles. The maximum absolute atomic E-state index is 12.5. The normalized spacial score (nSPS) is 23.3. The van der Waals surface area contributed by atoms with Crippen LogP contribution in [0.4, 0.5) is 10.5 Å². The van der Waals surface area contributed by atoms with Gasteiger partial charge in [0.25, 0.3) is 0 Å². The Kier molecular flexibility index (Phi) is 5.58. The number of carbonyl (C=O) groups excluding carboxylic acids is 2. The number of hydrogen-bond acceptors (Lipinski definition) is 3. The zero-order valence-corrected chi connectivity index (χ0v) is 14.2. The van der Waals surface area contributed by atoms with Gasteiger partial charge in [0.05, 0.1) is 16.8 Å². The van der Waals surface area contributed by atoms with Gasteiger partial charge in [0.1, 0.15) is 6.04 Å². The van der Waals surface area contributed by atoms with E-state index in [1.54, 1.807) is 29.2 Å². The summed E-state index contributed by atoms with van der Waals surface area (Å²) < 4.78 is 5.51. The van der Waals surface area contributed by atoms with Crippen molar-refractivity contribution in [2.75, 3.05) is 25.0 Å². The molecule has 6 nitrogen and oxygen atoms in total. The number of urea groups is 1. The van der Waals surface area contributed by atoms with Crippen LogP contribution in [0.2, 0.25) is 5.02 Å². The van der Waals surface area contributed by atoms with Gasteiger partial charge in [-0.15, -0.1) is 0 Å². The first-order valence-electron chi connectivity index (χ1n) is 8.36. The fourth-order valence-electron chi connectivity index (χ4n) is 3.17. The second-order valence-electron chi connectivity index (χ2n) is 6.14. The largest absolute Gasteiger partial charge is 0.376 e. The summed E-state index contributed by atoms with van der Waals surface area (Å²) in [6.07, 6.45) is 3.60. The number of nitrogens with zero attached hydrogens (tertiary/aromatic N) is 1. The van der Waals surface area contributed by atoms with Crippen LogP contribution in [0, 0.1) is 0 Å². The minimum absolute atomic E-state index is 0.0979. The SMILES string of the molecule is O=C(NC[C@H]1CCCO1)[C@H]1CCCN1C(=O)Nc1ccccc1Cl. The highest BCUT2D eigenvalue weighted by Gasteiger charge is 2.34. The Morgan fingerprint density at radius 2 is 2.08 bits per heavy atom. The standard InChI is InChI=1S/C17H22ClN3O3/c18-13-6-1-2-7-14(13)20-17(23)21-9-3-8-15(21)16(22)19-11-12-5-4-10-24-12/h1-2,6-7,12,15H,3-5,8-11H2,(H,19,22)(H,20,23)/t12-,15-/m1/s1. The van der Waals surface area contributed by atoms with E-state index >= 15 is 0 Å². The van der Waals surface area contributed by atoms with Crippen LogP contribution in [0.5, 0.6) is 0 Å².